The minimum atomic E-state index is -0.245. The normalized spacial score (nSPS) is 10.9. The van der Waals surface area contributed by atoms with Gasteiger partial charge in [-0.25, -0.2) is 9.67 Å². The zero-order valence-electron chi connectivity index (χ0n) is 12.6. The molecule has 24 heavy (non-hydrogen) atoms. The minimum Gasteiger partial charge on any atom is -0.288 e. The van der Waals surface area contributed by atoms with Crippen molar-refractivity contribution < 1.29 is 0 Å². The molecule has 4 nitrogen and oxygen atoms in total. The van der Waals surface area contributed by atoms with Gasteiger partial charge in [0.05, 0.1) is 11.4 Å². The molecule has 0 atom stereocenters. The second-order valence-electron chi connectivity index (χ2n) is 5.29. The summed E-state index contributed by atoms with van der Waals surface area (Å²) in [5, 5.41) is 4.75. The zero-order valence-corrected chi connectivity index (χ0v) is 13.3. The molecule has 0 amide bonds. The molecule has 2 aliphatic rings. The van der Waals surface area contributed by atoms with Crippen molar-refractivity contribution in [3.63, 3.8) is 0 Å². The zero-order chi connectivity index (χ0) is 16.5. The number of para-hydroxylation sites is 1. The highest BCUT2D eigenvalue weighted by molar-refractivity contribution is 6.33. The van der Waals surface area contributed by atoms with Crippen LogP contribution in [-0.4, -0.2) is 14.8 Å². The van der Waals surface area contributed by atoms with Crippen molar-refractivity contribution in [2.24, 2.45) is 0 Å². The summed E-state index contributed by atoms with van der Waals surface area (Å²) < 4.78 is 1.67. The molecule has 0 saturated carbocycles. The van der Waals surface area contributed by atoms with E-state index in [1.54, 1.807) is 10.7 Å². The first kappa shape index (κ1) is 14.6. The average Bonchev–Trinajstić information content (AvgIpc) is 2.65. The predicted molar refractivity (Wildman–Crippen MR) is 94.7 cm³/mol. The Morgan fingerprint density at radius 3 is 2.21 bits per heavy atom. The molecule has 2 aromatic rings. The van der Waals surface area contributed by atoms with Gasteiger partial charge in [0.1, 0.15) is 10.7 Å². The van der Waals surface area contributed by atoms with E-state index in [0.29, 0.717) is 17.2 Å². The van der Waals surface area contributed by atoms with Gasteiger partial charge in [-0.1, -0.05) is 60.1 Å². The quantitative estimate of drug-likeness (QED) is 0.556. The molecule has 2 aromatic carbocycles. The van der Waals surface area contributed by atoms with E-state index in [9.17, 15) is 4.79 Å². The smallest absolute Gasteiger partial charge is 0.199 e. The van der Waals surface area contributed by atoms with E-state index in [1.165, 1.54) is 6.07 Å². The number of benzene rings is 3. The van der Waals surface area contributed by atoms with Crippen LogP contribution in [-0.2, 0) is 0 Å². The summed E-state index contributed by atoms with van der Waals surface area (Å²) in [6.07, 6.45) is 0. The van der Waals surface area contributed by atoms with Gasteiger partial charge in [-0.05, 0) is 24.3 Å². The first-order valence-corrected chi connectivity index (χ1v) is 7.82. The van der Waals surface area contributed by atoms with E-state index in [1.807, 2.05) is 60.7 Å². The number of fused-ring (bicyclic) bond motifs is 1. The van der Waals surface area contributed by atoms with E-state index in [0.717, 1.165) is 11.3 Å². The standard InChI is InChI=1S/C19H12ClN3O/c20-17-16(24)12-11-15-18(17)23(14-9-5-2-6-10-14)22-19(21-15)13-7-3-1-4-8-13/h1-12H. The molecule has 1 heterocycles. The summed E-state index contributed by atoms with van der Waals surface area (Å²) in [5.41, 5.74) is 2.60. The average molecular weight is 334 g/mol. The summed E-state index contributed by atoms with van der Waals surface area (Å²) in [7, 11) is 0. The Kier molecular flexibility index (Phi) is 3.59. The van der Waals surface area contributed by atoms with Crippen molar-refractivity contribution in [3.8, 4) is 28.5 Å². The van der Waals surface area contributed by atoms with Crippen molar-refractivity contribution in [3.05, 3.63) is 88.0 Å². The summed E-state index contributed by atoms with van der Waals surface area (Å²) >= 11 is 6.27. The van der Waals surface area contributed by atoms with Crippen LogP contribution >= 0.6 is 11.6 Å². The Bertz CT molecular complexity index is 1030. The van der Waals surface area contributed by atoms with Gasteiger partial charge in [0.25, 0.3) is 0 Å². The molecule has 4 rings (SSSR count). The Balaban J connectivity index is 2.08. The van der Waals surface area contributed by atoms with Crippen molar-refractivity contribution >= 4 is 11.6 Å². The van der Waals surface area contributed by atoms with Crippen LogP contribution in [0.2, 0.25) is 5.02 Å². The molecule has 0 aromatic heterocycles. The molecule has 0 fully saturated rings. The van der Waals surface area contributed by atoms with Crippen LogP contribution < -0.4 is 5.43 Å². The van der Waals surface area contributed by atoms with Crippen LogP contribution in [0.25, 0.3) is 28.5 Å². The van der Waals surface area contributed by atoms with Crippen molar-refractivity contribution in [1.82, 2.24) is 14.8 Å². The number of rotatable bonds is 2. The third-order valence-corrected chi connectivity index (χ3v) is 4.09. The fraction of sp³-hybridized carbons (Fsp3) is 0. The van der Waals surface area contributed by atoms with Crippen LogP contribution in [0.5, 0.6) is 0 Å². The molecule has 0 spiro atoms. The molecule has 0 unspecified atom stereocenters. The van der Waals surface area contributed by atoms with Crippen molar-refractivity contribution in [2.45, 2.75) is 0 Å². The maximum Gasteiger partial charge on any atom is 0.199 e. The molecule has 5 heteroatoms. The lowest BCUT2D eigenvalue weighted by molar-refractivity contribution is 0.827. The van der Waals surface area contributed by atoms with Crippen molar-refractivity contribution in [1.29, 1.82) is 0 Å². The van der Waals surface area contributed by atoms with Crippen molar-refractivity contribution in [2.75, 3.05) is 0 Å². The molecule has 0 saturated heterocycles. The predicted octanol–water partition coefficient (Wildman–Crippen LogP) is 4.05. The summed E-state index contributed by atoms with van der Waals surface area (Å²) in [6, 6.07) is 22.4. The Hall–Kier alpha value is -2.98. The third-order valence-electron chi connectivity index (χ3n) is 3.73. The van der Waals surface area contributed by atoms with E-state index in [4.69, 9.17) is 11.6 Å². The Labute approximate surface area is 143 Å². The number of aromatic nitrogens is 3. The number of hydrogen-bond donors (Lipinski definition) is 0. The summed E-state index contributed by atoms with van der Waals surface area (Å²) in [5.74, 6) is 0.571. The van der Waals surface area contributed by atoms with E-state index >= 15 is 0 Å². The molecular weight excluding hydrogens is 322 g/mol. The lowest BCUT2D eigenvalue weighted by atomic mass is 10.1. The maximum absolute atomic E-state index is 12.0. The fourth-order valence-corrected chi connectivity index (χ4v) is 2.81. The van der Waals surface area contributed by atoms with Gasteiger partial charge in [0.15, 0.2) is 11.3 Å². The highest BCUT2D eigenvalue weighted by Crippen LogP contribution is 2.29. The molecule has 1 aliphatic heterocycles. The molecular formula is C19H12ClN3O. The minimum absolute atomic E-state index is 0.121. The number of halogens is 1. The lowest BCUT2D eigenvalue weighted by Gasteiger charge is -2.16. The van der Waals surface area contributed by atoms with Gasteiger partial charge >= 0.3 is 0 Å². The first-order chi connectivity index (χ1) is 11.7. The molecule has 116 valence electrons. The second-order valence-corrected chi connectivity index (χ2v) is 5.67. The van der Waals surface area contributed by atoms with Gasteiger partial charge in [-0.3, -0.25) is 4.79 Å². The number of nitrogens with zero attached hydrogens (tertiary/aromatic N) is 3. The Morgan fingerprint density at radius 1 is 0.833 bits per heavy atom. The maximum atomic E-state index is 12.0. The summed E-state index contributed by atoms with van der Waals surface area (Å²) in [6.45, 7) is 0. The fourth-order valence-electron chi connectivity index (χ4n) is 2.57. The van der Waals surface area contributed by atoms with Gasteiger partial charge in [0.2, 0.25) is 0 Å². The van der Waals surface area contributed by atoms with Crippen LogP contribution in [0.1, 0.15) is 0 Å². The summed E-state index contributed by atoms with van der Waals surface area (Å²) in [4.78, 5) is 16.5. The topological polar surface area (TPSA) is 47.8 Å². The van der Waals surface area contributed by atoms with Gasteiger partial charge in [0, 0.05) is 5.56 Å². The van der Waals surface area contributed by atoms with E-state index in [-0.39, 0.29) is 10.5 Å². The lowest BCUT2D eigenvalue weighted by Crippen LogP contribution is -2.14. The highest BCUT2D eigenvalue weighted by Gasteiger charge is 2.19. The van der Waals surface area contributed by atoms with Crippen LogP contribution in [0.3, 0.4) is 0 Å². The van der Waals surface area contributed by atoms with E-state index < -0.39 is 0 Å². The monoisotopic (exact) mass is 333 g/mol. The largest absolute Gasteiger partial charge is 0.288 e. The molecule has 0 N–H and O–H groups in total. The van der Waals surface area contributed by atoms with E-state index in [2.05, 4.69) is 10.1 Å². The van der Waals surface area contributed by atoms with Gasteiger partial charge in [-0.15, -0.1) is 5.10 Å². The SMILES string of the molecule is O=c1ccc2nc(-c3ccccc3)nn(-c3ccccc3)c-2c1Cl. The first-order valence-electron chi connectivity index (χ1n) is 7.44. The van der Waals surface area contributed by atoms with Crippen LogP contribution in [0.4, 0.5) is 0 Å². The molecule has 0 radical (unpaired) electrons. The Morgan fingerprint density at radius 2 is 1.50 bits per heavy atom. The van der Waals surface area contributed by atoms with Crippen LogP contribution in [0.15, 0.2) is 77.6 Å². The van der Waals surface area contributed by atoms with Gasteiger partial charge in [-0.2, -0.15) is 0 Å². The van der Waals surface area contributed by atoms with Gasteiger partial charge < -0.3 is 0 Å². The molecule has 0 bridgehead atoms. The highest BCUT2D eigenvalue weighted by atomic mass is 35.5. The number of hydrogen-bond acceptors (Lipinski definition) is 3. The van der Waals surface area contributed by atoms with Crippen LogP contribution in [0, 0.1) is 0 Å². The second kappa shape index (κ2) is 5.91. The third kappa shape index (κ3) is 2.47. The molecule has 1 aliphatic carbocycles.